The number of rotatable bonds is 3. The van der Waals surface area contributed by atoms with Crippen LogP contribution in [0.1, 0.15) is 0 Å². The Bertz CT molecular complexity index is 192. The zero-order chi connectivity index (χ0) is 8.41. The molecule has 0 aromatic carbocycles. The molecule has 11 heavy (non-hydrogen) atoms. The molecule has 3 N–H and O–H groups in total. The number of hydrogen-bond acceptors (Lipinski definition) is 4. The second kappa shape index (κ2) is 5.05. The first kappa shape index (κ1) is 14.7. The Hall–Kier alpha value is 1.21. The van der Waals surface area contributed by atoms with Gasteiger partial charge in [0.25, 0.3) is 0 Å². The molecule has 0 saturated heterocycles. The van der Waals surface area contributed by atoms with Crippen LogP contribution < -0.4 is 0 Å². The van der Waals surface area contributed by atoms with Gasteiger partial charge in [-0.2, -0.15) is 4.31 Å². The molecular formula is H5CuO7P3. The van der Waals surface area contributed by atoms with Crippen LogP contribution in [-0.2, 0) is 34.8 Å². The molecule has 0 aliphatic rings. The van der Waals surface area contributed by atoms with E-state index in [4.69, 9.17) is 14.7 Å². The minimum absolute atomic E-state index is 0. The van der Waals surface area contributed by atoms with Gasteiger partial charge in [-0.05, 0) is 0 Å². The number of hydrogen-bond donors (Lipinski definition) is 3. The van der Waals surface area contributed by atoms with Gasteiger partial charge in [-0.15, -0.1) is 0 Å². The molecule has 11 heteroatoms. The Kier molecular flexibility index (Phi) is 6.76. The summed E-state index contributed by atoms with van der Waals surface area (Å²) in [5.41, 5.74) is 0. The predicted octanol–water partition coefficient (Wildman–Crippen LogP) is 0.000300. The summed E-state index contributed by atoms with van der Waals surface area (Å²) >= 11 is 0. The third-order valence-corrected chi connectivity index (χ3v) is 3.08. The zero-order valence-electron chi connectivity index (χ0n) is 4.75. The van der Waals surface area contributed by atoms with Crippen molar-refractivity contribution >= 4 is 25.1 Å². The van der Waals surface area contributed by atoms with Crippen LogP contribution in [0.15, 0.2) is 0 Å². The summed E-state index contributed by atoms with van der Waals surface area (Å²) in [4.78, 5) is 24.2. The molecular weight excluding hydrogens is 268 g/mol. The van der Waals surface area contributed by atoms with Crippen molar-refractivity contribution in [3.63, 3.8) is 0 Å². The summed E-state index contributed by atoms with van der Waals surface area (Å²) in [5, 5.41) is 0. The molecule has 0 aliphatic carbocycles. The molecule has 0 bridgehead atoms. The van der Waals surface area contributed by atoms with Gasteiger partial charge in [-0.3, -0.25) is 4.31 Å². The van der Waals surface area contributed by atoms with Crippen molar-refractivity contribution in [3.05, 3.63) is 0 Å². The van der Waals surface area contributed by atoms with Crippen molar-refractivity contribution in [1.82, 2.24) is 0 Å². The van der Waals surface area contributed by atoms with E-state index in [2.05, 4.69) is 8.62 Å². The van der Waals surface area contributed by atoms with E-state index < -0.39 is 15.6 Å². The van der Waals surface area contributed by atoms with Crippen molar-refractivity contribution in [3.8, 4) is 0 Å². The van der Waals surface area contributed by atoms with Gasteiger partial charge < -0.3 is 14.7 Å². The topological polar surface area (TPSA) is 113 Å². The summed E-state index contributed by atoms with van der Waals surface area (Å²) in [6, 6.07) is 0. The van der Waals surface area contributed by atoms with Gasteiger partial charge in [0.05, 0.1) is 0 Å². The fourth-order valence-electron chi connectivity index (χ4n) is 0.154. The van der Waals surface area contributed by atoms with Gasteiger partial charge in [0.15, 0.2) is 0 Å². The van der Waals surface area contributed by atoms with Gasteiger partial charge in [-0.25, -0.2) is 9.13 Å². The summed E-state index contributed by atoms with van der Waals surface area (Å²) < 4.78 is 27.0. The van der Waals surface area contributed by atoms with Crippen LogP contribution in [0.25, 0.3) is 0 Å². The Labute approximate surface area is 75.1 Å². The third kappa shape index (κ3) is 9.12. The van der Waals surface area contributed by atoms with Crippen LogP contribution in [0.2, 0.25) is 0 Å². The van der Waals surface area contributed by atoms with Gasteiger partial charge in [0, 0.05) is 26.5 Å². The maximum atomic E-state index is 10.2. The average molecular weight is 274 g/mol. The van der Waals surface area contributed by atoms with Crippen molar-refractivity contribution in [2.45, 2.75) is 0 Å². The second-order valence-corrected chi connectivity index (χ2v) is 4.56. The fourth-order valence-corrected chi connectivity index (χ4v) is 1.73. The van der Waals surface area contributed by atoms with E-state index in [1.165, 1.54) is 9.47 Å². The fraction of sp³-hybridized carbons (Fsp3) is 0. The van der Waals surface area contributed by atoms with Crippen LogP contribution in [0.5, 0.6) is 0 Å². The zero-order valence-corrected chi connectivity index (χ0v) is 8.63. The SMILES string of the molecule is O=P(O)(O)OP(=O)(O)OP.[Cu]. The van der Waals surface area contributed by atoms with E-state index in [0.29, 0.717) is 0 Å². The standard InChI is InChI=1S/Cu.H5O7P3/c;1-9(2,3)7-10(4,5)6-8/h;8H2,(H,4,5)(H2,1,2,3). The Morgan fingerprint density at radius 1 is 1.18 bits per heavy atom. The van der Waals surface area contributed by atoms with Crippen LogP contribution in [-0.4, -0.2) is 14.7 Å². The molecule has 0 aliphatic heterocycles. The molecule has 2 unspecified atom stereocenters. The molecule has 0 aromatic heterocycles. The molecule has 0 spiro atoms. The van der Waals surface area contributed by atoms with Crippen molar-refractivity contribution in [2.24, 2.45) is 0 Å². The van der Waals surface area contributed by atoms with E-state index in [0.717, 1.165) is 0 Å². The second-order valence-electron chi connectivity index (χ2n) is 1.15. The molecule has 1 radical (unpaired) electrons. The minimum Gasteiger partial charge on any atom is -0.302 e. The maximum absolute atomic E-state index is 10.2. The summed E-state index contributed by atoms with van der Waals surface area (Å²) in [6.45, 7) is 0. The van der Waals surface area contributed by atoms with E-state index in [1.54, 1.807) is 0 Å². The van der Waals surface area contributed by atoms with Crippen LogP contribution in [0, 0.1) is 0 Å². The van der Waals surface area contributed by atoms with Gasteiger partial charge in [-0.1, -0.05) is 0 Å². The van der Waals surface area contributed by atoms with E-state index >= 15 is 0 Å². The molecule has 0 rings (SSSR count). The largest absolute Gasteiger partial charge is 0.483 e. The molecule has 0 fully saturated rings. The van der Waals surface area contributed by atoms with Crippen LogP contribution in [0.4, 0.5) is 0 Å². The minimum atomic E-state index is -4.96. The van der Waals surface area contributed by atoms with Crippen molar-refractivity contribution in [2.75, 3.05) is 0 Å². The Balaban J connectivity index is 0. The first-order chi connectivity index (χ1) is 4.27. The van der Waals surface area contributed by atoms with Gasteiger partial charge in [0.2, 0.25) is 0 Å². The smallest absolute Gasteiger partial charge is 0.302 e. The normalized spacial score (nSPS) is 16.7. The van der Waals surface area contributed by atoms with Crippen LogP contribution in [0.3, 0.4) is 0 Å². The van der Waals surface area contributed by atoms with E-state index in [-0.39, 0.29) is 17.1 Å². The summed E-state index contributed by atoms with van der Waals surface area (Å²) in [5.74, 6) is 0. The van der Waals surface area contributed by atoms with Crippen LogP contribution >= 0.6 is 25.1 Å². The first-order valence-electron chi connectivity index (χ1n) is 1.75. The average Bonchev–Trinajstić information content (AvgIpc) is 1.60. The Morgan fingerprint density at radius 2 is 1.55 bits per heavy atom. The Morgan fingerprint density at radius 3 is 1.64 bits per heavy atom. The van der Waals surface area contributed by atoms with Crippen molar-refractivity contribution < 1.29 is 49.5 Å². The third-order valence-electron chi connectivity index (χ3n) is 0.343. The predicted molar refractivity (Wildman–Crippen MR) is 33.7 cm³/mol. The van der Waals surface area contributed by atoms with Gasteiger partial charge >= 0.3 is 15.6 Å². The van der Waals surface area contributed by atoms with E-state index in [1.807, 2.05) is 0 Å². The maximum Gasteiger partial charge on any atom is 0.483 e. The summed E-state index contributed by atoms with van der Waals surface area (Å²) in [7, 11) is -8.20. The van der Waals surface area contributed by atoms with E-state index in [9.17, 15) is 9.13 Å². The molecule has 73 valence electrons. The molecule has 0 amide bonds. The number of phosphoric acid groups is 2. The molecule has 0 heterocycles. The molecule has 7 nitrogen and oxygen atoms in total. The first-order valence-corrected chi connectivity index (χ1v) is 5.25. The molecule has 2 atom stereocenters. The quantitative estimate of drug-likeness (QED) is 0.490. The van der Waals surface area contributed by atoms with Crippen molar-refractivity contribution in [1.29, 1.82) is 0 Å². The monoisotopic (exact) mass is 273 g/mol. The van der Waals surface area contributed by atoms with Gasteiger partial charge in [0.1, 0.15) is 0 Å². The molecule has 0 aromatic rings. The summed E-state index contributed by atoms with van der Waals surface area (Å²) in [6.07, 6.45) is 0. The molecule has 0 saturated carbocycles.